The van der Waals surface area contributed by atoms with Crippen molar-refractivity contribution in [2.75, 3.05) is 59.0 Å². The molecule has 0 aliphatic carbocycles. The fourth-order valence-electron chi connectivity index (χ4n) is 7.94. The van der Waals surface area contributed by atoms with Crippen LogP contribution in [0.5, 0.6) is 17.2 Å². The molecule has 6 rings (SSSR count). The Morgan fingerprint density at radius 2 is 1.40 bits per heavy atom. The predicted molar refractivity (Wildman–Crippen MR) is 207 cm³/mol. The maximum Gasteiger partial charge on any atom is 0.320 e. The van der Waals surface area contributed by atoms with Crippen LogP contribution in [-0.2, 0) is 17.9 Å². The molecule has 0 amide bonds. The molecule has 0 saturated carbocycles. The number of rotatable bonds is 17. The van der Waals surface area contributed by atoms with Crippen molar-refractivity contribution in [3.8, 4) is 28.4 Å². The van der Waals surface area contributed by atoms with E-state index in [1.807, 2.05) is 29.2 Å². The Kier molecular flexibility index (Phi) is 13.9. The van der Waals surface area contributed by atoms with Crippen molar-refractivity contribution in [1.29, 1.82) is 0 Å². The van der Waals surface area contributed by atoms with Crippen molar-refractivity contribution in [3.05, 3.63) is 75.8 Å². The second kappa shape index (κ2) is 18.8. The molecule has 3 aromatic rings. The number of halogens is 1. The first-order valence-electron chi connectivity index (χ1n) is 19.3. The lowest BCUT2D eigenvalue weighted by Gasteiger charge is -2.33. The Morgan fingerprint density at radius 1 is 0.755 bits per heavy atom. The SMILES string of the molecule is Cc1c(COc2cc(OCCCN3CCC(O)C3)c(CN3CCCC[C@H]3C(=O)O)cc2Cl)cccc1-c1cccc(OCCCN2CC[C@@H](O)C2)c1C. The minimum atomic E-state index is -0.798. The number of hydrogen-bond acceptors (Lipinski definition) is 9. The summed E-state index contributed by atoms with van der Waals surface area (Å²) >= 11 is 6.87. The summed E-state index contributed by atoms with van der Waals surface area (Å²) in [5, 5.41) is 30.1. The highest BCUT2D eigenvalue weighted by Crippen LogP contribution is 2.37. The van der Waals surface area contributed by atoms with E-state index in [0.717, 1.165) is 110 Å². The van der Waals surface area contributed by atoms with Crippen LogP contribution < -0.4 is 14.2 Å². The van der Waals surface area contributed by atoms with E-state index in [2.05, 4.69) is 47.9 Å². The molecule has 11 heteroatoms. The molecular weight excluding hydrogens is 694 g/mol. The molecule has 0 spiro atoms. The van der Waals surface area contributed by atoms with E-state index in [1.165, 1.54) is 0 Å². The van der Waals surface area contributed by atoms with Gasteiger partial charge in [-0.1, -0.05) is 48.4 Å². The quantitative estimate of drug-likeness (QED) is 0.136. The summed E-state index contributed by atoms with van der Waals surface area (Å²) in [4.78, 5) is 18.6. The number of piperidine rings is 1. The van der Waals surface area contributed by atoms with Gasteiger partial charge in [0.05, 0.1) is 30.4 Å². The number of benzene rings is 3. The van der Waals surface area contributed by atoms with Crippen LogP contribution in [0.3, 0.4) is 0 Å². The number of carbonyl (C=O) groups is 1. The Balaban J connectivity index is 1.14. The van der Waals surface area contributed by atoms with Crippen LogP contribution in [0, 0.1) is 13.8 Å². The summed E-state index contributed by atoms with van der Waals surface area (Å²) < 4.78 is 19.0. The van der Waals surface area contributed by atoms with Crippen molar-refractivity contribution < 1.29 is 34.3 Å². The summed E-state index contributed by atoms with van der Waals surface area (Å²) in [6.45, 7) is 11.8. The molecule has 3 aliphatic heterocycles. The van der Waals surface area contributed by atoms with E-state index in [-0.39, 0.29) is 12.2 Å². The third kappa shape index (κ3) is 10.4. The van der Waals surface area contributed by atoms with E-state index in [1.54, 1.807) is 0 Å². The highest BCUT2D eigenvalue weighted by atomic mass is 35.5. The van der Waals surface area contributed by atoms with Crippen molar-refractivity contribution >= 4 is 17.6 Å². The minimum absolute atomic E-state index is 0.204. The summed E-state index contributed by atoms with van der Waals surface area (Å²) in [6.07, 6.45) is 5.39. The van der Waals surface area contributed by atoms with Crippen LogP contribution in [-0.4, -0.2) is 113 Å². The molecule has 10 nitrogen and oxygen atoms in total. The van der Waals surface area contributed by atoms with Gasteiger partial charge in [0.2, 0.25) is 0 Å². The Morgan fingerprint density at radius 3 is 2.04 bits per heavy atom. The second-order valence-corrected chi connectivity index (χ2v) is 15.3. The molecule has 3 aromatic carbocycles. The molecule has 288 valence electrons. The number of nitrogens with zero attached hydrogens (tertiary/aromatic N) is 3. The van der Waals surface area contributed by atoms with Crippen LogP contribution >= 0.6 is 11.6 Å². The van der Waals surface area contributed by atoms with Crippen molar-refractivity contribution in [3.63, 3.8) is 0 Å². The van der Waals surface area contributed by atoms with Gasteiger partial charge in [0.1, 0.15) is 29.9 Å². The first-order chi connectivity index (χ1) is 25.7. The highest BCUT2D eigenvalue weighted by molar-refractivity contribution is 6.32. The molecule has 3 aliphatic rings. The normalized spacial score (nSPS) is 21.3. The van der Waals surface area contributed by atoms with Crippen molar-refractivity contribution in [2.24, 2.45) is 0 Å². The third-order valence-electron chi connectivity index (χ3n) is 11.0. The zero-order valence-corrected chi connectivity index (χ0v) is 32.0. The van der Waals surface area contributed by atoms with Gasteiger partial charge < -0.3 is 39.3 Å². The molecule has 3 heterocycles. The average molecular weight is 750 g/mol. The Bertz CT molecular complexity index is 1690. The van der Waals surface area contributed by atoms with E-state index in [0.29, 0.717) is 62.4 Å². The first-order valence-corrected chi connectivity index (χ1v) is 19.7. The van der Waals surface area contributed by atoms with Gasteiger partial charge in [-0.2, -0.15) is 0 Å². The number of likely N-dealkylation sites (tertiary alicyclic amines) is 3. The van der Waals surface area contributed by atoms with Crippen LogP contribution in [0.4, 0.5) is 0 Å². The Labute approximate surface area is 319 Å². The smallest absolute Gasteiger partial charge is 0.320 e. The molecular formula is C42H56ClN3O7. The van der Waals surface area contributed by atoms with Gasteiger partial charge in [0.15, 0.2) is 0 Å². The minimum Gasteiger partial charge on any atom is -0.493 e. The molecule has 53 heavy (non-hydrogen) atoms. The molecule has 1 unspecified atom stereocenters. The molecule has 3 N–H and O–H groups in total. The molecule has 3 saturated heterocycles. The topological polar surface area (TPSA) is 115 Å². The van der Waals surface area contributed by atoms with Gasteiger partial charge in [-0.3, -0.25) is 9.69 Å². The molecule has 3 fully saturated rings. The number of aliphatic hydroxyl groups excluding tert-OH is 2. The largest absolute Gasteiger partial charge is 0.493 e. The summed E-state index contributed by atoms with van der Waals surface area (Å²) in [6, 6.07) is 15.6. The fraction of sp³-hybridized carbons (Fsp3) is 0.548. The van der Waals surface area contributed by atoms with Crippen LogP contribution in [0.2, 0.25) is 5.02 Å². The zero-order valence-electron chi connectivity index (χ0n) is 31.3. The second-order valence-electron chi connectivity index (χ2n) is 14.9. The van der Waals surface area contributed by atoms with Gasteiger partial charge in [-0.25, -0.2) is 0 Å². The lowest BCUT2D eigenvalue weighted by molar-refractivity contribution is -0.144. The van der Waals surface area contributed by atoms with Crippen molar-refractivity contribution in [2.45, 2.75) is 90.2 Å². The number of aliphatic hydroxyl groups is 2. The lowest BCUT2D eigenvalue weighted by atomic mass is 9.93. The number of ether oxygens (including phenoxy) is 3. The Hall–Kier alpha value is -3.38. The maximum atomic E-state index is 12.1. The van der Waals surface area contributed by atoms with E-state index >= 15 is 0 Å². The monoisotopic (exact) mass is 749 g/mol. The predicted octanol–water partition coefficient (Wildman–Crippen LogP) is 6.31. The number of hydrogen-bond donors (Lipinski definition) is 3. The number of carboxylic acid groups (broad SMARTS) is 1. The standard InChI is InChI=1S/C42H56ClN3O7/c1-29-31(9-5-10-35(29)36-11-6-13-39(30(36)2)51-21-7-16-44-19-14-33(47)26-44)28-53-41-24-40(52-22-8-17-45-20-15-34(48)27-45)32(23-37(41)43)25-46-18-4-3-12-38(46)42(49)50/h5-6,9-11,13,23-24,33-34,38,47-48H,3-4,7-8,12,14-22,25-28H2,1-2H3,(H,49,50)/t33-,34?,38+/m1/s1. The van der Waals surface area contributed by atoms with E-state index in [4.69, 9.17) is 25.8 Å². The summed E-state index contributed by atoms with van der Waals surface area (Å²) in [5.41, 5.74) is 6.31. The first kappa shape index (κ1) is 39.3. The average Bonchev–Trinajstić information content (AvgIpc) is 3.76. The van der Waals surface area contributed by atoms with Crippen LogP contribution in [0.1, 0.15) is 67.2 Å². The van der Waals surface area contributed by atoms with Crippen LogP contribution in [0.25, 0.3) is 11.1 Å². The highest BCUT2D eigenvalue weighted by Gasteiger charge is 2.29. The summed E-state index contributed by atoms with van der Waals surface area (Å²) in [5.74, 6) is 1.24. The molecule has 0 bridgehead atoms. The van der Waals surface area contributed by atoms with Crippen LogP contribution in [0.15, 0.2) is 48.5 Å². The zero-order chi connectivity index (χ0) is 37.3. The van der Waals surface area contributed by atoms with Gasteiger partial charge in [0, 0.05) is 57.4 Å². The van der Waals surface area contributed by atoms with Gasteiger partial charge in [0.25, 0.3) is 0 Å². The lowest BCUT2D eigenvalue weighted by Crippen LogP contribution is -2.44. The van der Waals surface area contributed by atoms with Gasteiger partial charge in [-0.15, -0.1) is 0 Å². The maximum absolute atomic E-state index is 12.1. The number of aliphatic carboxylic acids is 1. The third-order valence-corrected chi connectivity index (χ3v) is 11.3. The fourth-order valence-corrected chi connectivity index (χ4v) is 8.18. The van der Waals surface area contributed by atoms with E-state index in [9.17, 15) is 20.1 Å². The summed E-state index contributed by atoms with van der Waals surface area (Å²) in [7, 11) is 0. The van der Waals surface area contributed by atoms with Gasteiger partial charge in [-0.05, 0) is 98.9 Å². The molecule has 0 aromatic heterocycles. The van der Waals surface area contributed by atoms with E-state index < -0.39 is 12.0 Å². The van der Waals surface area contributed by atoms with Gasteiger partial charge >= 0.3 is 5.97 Å². The number of carboxylic acids is 1. The molecule has 0 radical (unpaired) electrons. The number of β-amino-alcohol motifs (C(OH)–C–C–N with tert-alkyl or cyclic N) is 2. The molecule has 3 atom stereocenters. The van der Waals surface area contributed by atoms with Crippen molar-refractivity contribution in [1.82, 2.24) is 14.7 Å².